The number of esters is 1. The van der Waals surface area contributed by atoms with Crippen LogP contribution in [0.2, 0.25) is 0 Å². The minimum absolute atomic E-state index is 0.0527. The third kappa shape index (κ3) is 4.30. The van der Waals surface area contributed by atoms with Gasteiger partial charge in [0.25, 0.3) is 0 Å². The Morgan fingerprint density at radius 3 is 2.71 bits per heavy atom. The van der Waals surface area contributed by atoms with Crippen molar-refractivity contribution >= 4 is 5.97 Å². The zero-order valence-corrected chi connectivity index (χ0v) is 20.6. The Bertz CT molecular complexity index is 706. The van der Waals surface area contributed by atoms with Crippen molar-refractivity contribution in [1.29, 1.82) is 0 Å². The van der Waals surface area contributed by atoms with E-state index >= 15 is 0 Å². The van der Waals surface area contributed by atoms with E-state index in [4.69, 9.17) is 4.74 Å². The van der Waals surface area contributed by atoms with Gasteiger partial charge in [0.2, 0.25) is 0 Å². The summed E-state index contributed by atoms with van der Waals surface area (Å²) >= 11 is 0. The first kappa shape index (κ1) is 23.1. The molecule has 0 aliphatic heterocycles. The first-order valence-electron chi connectivity index (χ1n) is 13.3. The fourth-order valence-corrected chi connectivity index (χ4v) is 8.47. The molecule has 0 bridgehead atoms. The van der Waals surface area contributed by atoms with Crippen molar-refractivity contribution < 1.29 is 9.53 Å². The van der Waals surface area contributed by atoms with E-state index < -0.39 is 0 Å². The number of ether oxygens (including phenoxy) is 1. The number of allylic oxidation sites excluding steroid dienone is 1. The third-order valence-electron chi connectivity index (χ3n) is 10.3. The van der Waals surface area contributed by atoms with Crippen molar-refractivity contribution in [2.45, 2.75) is 111 Å². The van der Waals surface area contributed by atoms with E-state index in [1.54, 1.807) is 5.57 Å². The molecule has 4 aliphatic carbocycles. The summed E-state index contributed by atoms with van der Waals surface area (Å²) in [6.45, 7) is 13.5. The van der Waals surface area contributed by atoms with Crippen molar-refractivity contribution in [2.75, 3.05) is 0 Å². The minimum atomic E-state index is -0.262. The molecule has 174 valence electrons. The zero-order valence-electron chi connectivity index (χ0n) is 20.6. The number of rotatable bonds is 7. The van der Waals surface area contributed by atoms with Crippen LogP contribution in [0.25, 0.3) is 0 Å². The van der Waals surface area contributed by atoms with Crippen LogP contribution in [0.15, 0.2) is 24.3 Å². The van der Waals surface area contributed by atoms with Crippen molar-refractivity contribution in [1.82, 2.24) is 0 Å². The third-order valence-corrected chi connectivity index (χ3v) is 10.3. The summed E-state index contributed by atoms with van der Waals surface area (Å²) in [5.74, 6) is 4.18. The lowest BCUT2D eigenvalue weighted by atomic mass is 9.47. The highest BCUT2D eigenvalue weighted by molar-refractivity contribution is 5.81. The summed E-state index contributed by atoms with van der Waals surface area (Å²) in [7, 11) is 0. The Labute approximate surface area is 191 Å². The van der Waals surface area contributed by atoms with Gasteiger partial charge in [-0.05, 0) is 91.8 Å². The molecule has 2 nitrogen and oxygen atoms in total. The van der Waals surface area contributed by atoms with Crippen LogP contribution in [0.1, 0.15) is 105 Å². The van der Waals surface area contributed by atoms with Crippen LogP contribution < -0.4 is 0 Å². The topological polar surface area (TPSA) is 26.3 Å². The predicted octanol–water partition coefficient (Wildman–Crippen LogP) is 7.88. The average molecular weight is 427 g/mol. The van der Waals surface area contributed by atoms with Gasteiger partial charge in [0.1, 0.15) is 6.10 Å². The van der Waals surface area contributed by atoms with E-state index in [9.17, 15) is 4.79 Å². The Kier molecular flexibility index (Phi) is 6.76. The van der Waals surface area contributed by atoms with Crippen LogP contribution in [-0.4, -0.2) is 12.1 Å². The molecule has 7 atom stereocenters. The highest BCUT2D eigenvalue weighted by atomic mass is 16.5. The molecule has 0 amide bonds. The molecule has 4 rings (SSSR count). The smallest absolute Gasteiger partial charge is 0.330 e. The quantitative estimate of drug-likeness (QED) is 0.179. The Hall–Kier alpha value is -1.05. The van der Waals surface area contributed by atoms with Crippen LogP contribution in [0.3, 0.4) is 0 Å². The van der Waals surface area contributed by atoms with Crippen LogP contribution >= 0.6 is 0 Å². The molecular formula is C29H46O2. The first-order chi connectivity index (χ1) is 14.8. The van der Waals surface area contributed by atoms with Crippen LogP contribution in [0.4, 0.5) is 0 Å². The number of unbranched alkanes of at least 4 members (excludes halogenated alkanes) is 1. The molecule has 0 N–H and O–H groups in total. The van der Waals surface area contributed by atoms with Gasteiger partial charge in [-0.15, -0.1) is 0 Å². The molecule has 0 aromatic carbocycles. The maximum absolute atomic E-state index is 11.7. The molecule has 4 aliphatic rings. The molecule has 0 radical (unpaired) electrons. The second-order valence-electron chi connectivity index (χ2n) is 12.3. The van der Waals surface area contributed by atoms with Crippen molar-refractivity contribution in [3.05, 3.63) is 24.3 Å². The fraction of sp³-hybridized carbons (Fsp3) is 0.828. The largest absolute Gasteiger partial charge is 0.459 e. The SMILES string of the molecule is C=CC(=O)O[C@H]1CC[C@@]2(C)C(=CC[C@@H]3C2CC[C@@]2(C)C3CC[C@@H]2CCCCC(C)C)C1. The summed E-state index contributed by atoms with van der Waals surface area (Å²) in [6.07, 6.45) is 19.8. The van der Waals surface area contributed by atoms with E-state index in [1.807, 2.05) is 0 Å². The molecule has 31 heavy (non-hydrogen) atoms. The average Bonchev–Trinajstić information content (AvgIpc) is 3.07. The molecule has 2 unspecified atom stereocenters. The monoisotopic (exact) mass is 426 g/mol. The number of hydrogen-bond donors (Lipinski definition) is 0. The Morgan fingerprint density at radius 1 is 1.16 bits per heavy atom. The summed E-state index contributed by atoms with van der Waals surface area (Å²) < 4.78 is 5.63. The van der Waals surface area contributed by atoms with Gasteiger partial charge in [-0.3, -0.25) is 0 Å². The molecule has 3 fully saturated rings. The predicted molar refractivity (Wildman–Crippen MR) is 129 cm³/mol. The van der Waals surface area contributed by atoms with Crippen molar-refractivity contribution in [3.63, 3.8) is 0 Å². The van der Waals surface area contributed by atoms with Crippen LogP contribution in [0.5, 0.6) is 0 Å². The van der Waals surface area contributed by atoms with Gasteiger partial charge < -0.3 is 4.74 Å². The van der Waals surface area contributed by atoms with Gasteiger partial charge in [-0.1, -0.05) is 65.2 Å². The Morgan fingerprint density at radius 2 is 1.97 bits per heavy atom. The maximum atomic E-state index is 11.7. The molecule has 0 aromatic rings. The molecule has 0 aromatic heterocycles. The lowest BCUT2D eigenvalue weighted by Crippen LogP contribution is -2.50. The van der Waals surface area contributed by atoms with Crippen LogP contribution in [-0.2, 0) is 9.53 Å². The van der Waals surface area contributed by atoms with Gasteiger partial charge in [0.15, 0.2) is 0 Å². The normalized spacial score (nSPS) is 41.7. The molecule has 0 spiro atoms. The summed E-state index contributed by atoms with van der Waals surface area (Å²) in [5.41, 5.74) is 2.50. The number of fused-ring (bicyclic) bond motifs is 5. The van der Waals surface area contributed by atoms with Gasteiger partial charge in [0, 0.05) is 12.5 Å². The highest BCUT2D eigenvalue weighted by Gasteiger charge is 2.58. The van der Waals surface area contributed by atoms with Crippen molar-refractivity contribution in [3.8, 4) is 0 Å². The minimum Gasteiger partial charge on any atom is -0.459 e. The number of hydrogen-bond acceptors (Lipinski definition) is 2. The maximum Gasteiger partial charge on any atom is 0.330 e. The lowest BCUT2D eigenvalue weighted by Gasteiger charge is -2.58. The number of carbonyl (C=O) groups is 1. The van der Waals surface area contributed by atoms with E-state index in [1.165, 1.54) is 70.3 Å². The second-order valence-corrected chi connectivity index (χ2v) is 12.3. The van der Waals surface area contributed by atoms with E-state index in [-0.39, 0.29) is 12.1 Å². The standard InChI is InChI=1S/C29H46O2/c1-6-27(30)31-23-15-17-29(5)22(19-23)11-13-24-25-14-12-21(10-8-7-9-20(2)3)28(25,4)18-16-26(24)29/h6,11,20-21,23-26H,1,7-10,12-19H2,2-5H3/t21-,23-,24-,25?,26?,28+,29-/m0/s1. The van der Waals surface area contributed by atoms with Gasteiger partial charge in [0.05, 0.1) is 0 Å². The molecule has 0 saturated heterocycles. The fourth-order valence-electron chi connectivity index (χ4n) is 8.47. The Balaban J connectivity index is 1.43. The van der Waals surface area contributed by atoms with Crippen LogP contribution in [0, 0.1) is 40.4 Å². The second kappa shape index (κ2) is 9.06. The first-order valence-corrected chi connectivity index (χ1v) is 13.3. The molecule has 0 heterocycles. The highest BCUT2D eigenvalue weighted by Crippen LogP contribution is 2.66. The van der Waals surface area contributed by atoms with Gasteiger partial charge in [-0.25, -0.2) is 4.79 Å². The summed E-state index contributed by atoms with van der Waals surface area (Å²) in [4.78, 5) is 11.7. The summed E-state index contributed by atoms with van der Waals surface area (Å²) in [6, 6.07) is 0. The molecular weight excluding hydrogens is 380 g/mol. The molecule has 2 heteroatoms. The van der Waals surface area contributed by atoms with Gasteiger partial charge in [-0.2, -0.15) is 0 Å². The van der Waals surface area contributed by atoms with Gasteiger partial charge >= 0.3 is 5.97 Å². The van der Waals surface area contributed by atoms with E-state index in [0.717, 1.165) is 42.4 Å². The van der Waals surface area contributed by atoms with Crippen molar-refractivity contribution in [2.24, 2.45) is 40.4 Å². The number of carbonyl (C=O) groups excluding carboxylic acids is 1. The van der Waals surface area contributed by atoms with E-state index in [0.29, 0.717) is 10.8 Å². The molecule has 3 saturated carbocycles. The lowest BCUT2D eigenvalue weighted by molar-refractivity contribution is -0.145. The van der Waals surface area contributed by atoms with E-state index in [2.05, 4.69) is 40.3 Å². The zero-order chi connectivity index (χ0) is 22.2. The summed E-state index contributed by atoms with van der Waals surface area (Å²) in [5, 5.41) is 0.